The maximum Gasteiger partial charge on any atom is 0.0455 e. The molecule has 4 aromatic carbocycles. The summed E-state index contributed by atoms with van der Waals surface area (Å²) in [6.07, 6.45) is 1.97. The smallest absolute Gasteiger partial charge is 0.0455 e. The van der Waals surface area contributed by atoms with E-state index in [0.29, 0.717) is 0 Å². The molecule has 0 unspecified atom stereocenters. The van der Waals surface area contributed by atoms with Gasteiger partial charge < -0.3 is 10.3 Å². The highest BCUT2D eigenvalue weighted by Crippen LogP contribution is 2.24. The molecule has 1 aromatic heterocycles. The minimum absolute atomic E-state index is 0.818. The predicted molar refractivity (Wildman–Crippen MR) is 107 cm³/mol. The summed E-state index contributed by atoms with van der Waals surface area (Å²) < 4.78 is 0. The summed E-state index contributed by atoms with van der Waals surface area (Å²) in [4.78, 5) is 3.23. The Balaban J connectivity index is 1.44. The Morgan fingerprint density at radius 1 is 0.640 bits per heavy atom. The molecular formula is C23H18N2. The van der Waals surface area contributed by atoms with E-state index in [1.54, 1.807) is 0 Å². The van der Waals surface area contributed by atoms with Gasteiger partial charge in [-0.2, -0.15) is 0 Å². The average molecular weight is 322 g/mol. The summed E-state index contributed by atoms with van der Waals surface area (Å²) in [5, 5.41) is 9.92. The molecule has 0 bridgehead atoms. The van der Waals surface area contributed by atoms with Gasteiger partial charge in [-0.15, -0.1) is 0 Å². The second-order valence-corrected chi connectivity index (χ2v) is 6.51. The van der Waals surface area contributed by atoms with E-state index in [1.165, 1.54) is 38.0 Å². The molecule has 2 nitrogen and oxygen atoms in total. The molecule has 2 N–H and O–H groups in total. The van der Waals surface area contributed by atoms with Crippen LogP contribution in [0.5, 0.6) is 0 Å². The number of anilines is 1. The number of benzene rings is 4. The van der Waals surface area contributed by atoms with Gasteiger partial charge in [0.25, 0.3) is 0 Å². The van der Waals surface area contributed by atoms with Gasteiger partial charge in [-0.05, 0) is 69.6 Å². The maximum atomic E-state index is 3.53. The molecule has 0 saturated heterocycles. The number of nitrogens with one attached hydrogen (secondary N) is 2. The summed E-state index contributed by atoms with van der Waals surface area (Å²) in [6.45, 7) is 0.818. The van der Waals surface area contributed by atoms with Gasteiger partial charge in [-0.1, -0.05) is 36.4 Å². The van der Waals surface area contributed by atoms with Crippen LogP contribution in [0.15, 0.2) is 85.1 Å². The Morgan fingerprint density at radius 2 is 1.44 bits per heavy atom. The van der Waals surface area contributed by atoms with Crippen molar-refractivity contribution in [2.45, 2.75) is 6.54 Å². The van der Waals surface area contributed by atoms with Gasteiger partial charge in [0, 0.05) is 29.3 Å². The SMILES string of the molecule is c1ccc2cc3cc(CNc4ccc5[nH]ccc5c4)ccc3cc2c1. The highest BCUT2D eigenvalue weighted by Gasteiger charge is 2.01. The predicted octanol–water partition coefficient (Wildman–Crippen LogP) is 6.09. The van der Waals surface area contributed by atoms with Crippen LogP contribution in [0.4, 0.5) is 5.69 Å². The summed E-state index contributed by atoms with van der Waals surface area (Å²) in [6, 6.07) is 28.3. The maximum absolute atomic E-state index is 3.53. The van der Waals surface area contributed by atoms with E-state index >= 15 is 0 Å². The lowest BCUT2D eigenvalue weighted by Gasteiger charge is -2.09. The molecule has 0 amide bonds. The minimum Gasteiger partial charge on any atom is -0.381 e. The van der Waals surface area contributed by atoms with E-state index in [4.69, 9.17) is 0 Å². The molecule has 0 aliphatic heterocycles. The molecule has 5 rings (SSSR count). The van der Waals surface area contributed by atoms with Crippen molar-refractivity contribution in [2.75, 3.05) is 5.32 Å². The lowest BCUT2D eigenvalue weighted by molar-refractivity contribution is 1.16. The fraction of sp³-hybridized carbons (Fsp3) is 0.0435. The molecule has 2 heteroatoms. The molecule has 5 aromatic rings. The molecule has 120 valence electrons. The number of H-pyrrole nitrogens is 1. The van der Waals surface area contributed by atoms with Gasteiger partial charge >= 0.3 is 0 Å². The van der Waals surface area contributed by atoms with Crippen molar-refractivity contribution in [3.8, 4) is 0 Å². The number of hydrogen-bond donors (Lipinski definition) is 2. The largest absolute Gasteiger partial charge is 0.381 e. The van der Waals surface area contributed by atoms with Crippen LogP contribution in [0, 0.1) is 0 Å². The van der Waals surface area contributed by atoms with E-state index in [9.17, 15) is 0 Å². The van der Waals surface area contributed by atoms with Crippen molar-refractivity contribution in [1.29, 1.82) is 0 Å². The first-order chi connectivity index (χ1) is 12.3. The topological polar surface area (TPSA) is 27.8 Å². The molecule has 0 fully saturated rings. The van der Waals surface area contributed by atoms with Crippen molar-refractivity contribution >= 4 is 38.1 Å². The highest BCUT2D eigenvalue weighted by atomic mass is 14.9. The van der Waals surface area contributed by atoms with Crippen molar-refractivity contribution in [1.82, 2.24) is 4.98 Å². The average Bonchev–Trinajstić information content (AvgIpc) is 3.12. The van der Waals surface area contributed by atoms with Crippen molar-refractivity contribution in [2.24, 2.45) is 0 Å². The van der Waals surface area contributed by atoms with Gasteiger partial charge in [0.2, 0.25) is 0 Å². The van der Waals surface area contributed by atoms with Crippen LogP contribution in [0.1, 0.15) is 5.56 Å². The molecule has 25 heavy (non-hydrogen) atoms. The van der Waals surface area contributed by atoms with Crippen LogP contribution in [-0.4, -0.2) is 4.98 Å². The molecule has 0 aliphatic rings. The first-order valence-electron chi connectivity index (χ1n) is 8.58. The van der Waals surface area contributed by atoms with Gasteiger partial charge in [0.15, 0.2) is 0 Å². The van der Waals surface area contributed by atoms with Crippen molar-refractivity contribution in [3.63, 3.8) is 0 Å². The lowest BCUT2D eigenvalue weighted by Crippen LogP contribution is -1.99. The zero-order valence-corrected chi connectivity index (χ0v) is 13.8. The molecule has 0 atom stereocenters. The number of aromatic nitrogens is 1. The Labute approximate surface area is 146 Å². The Hall–Kier alpha value is -3.26. The fourth-order valence-electron chi connectivity index (χ4n) is 3.47. The molecule has 1 heterocycles. The number of rotatable bonds is 3. The monoisotopic (exact) mass is 322 g/mol. The first-order valence-corrected chi connectivity index (χ1v) is 8.58. The Kier molecular flexibility index (Phi) is 3.20. The zero-order chi connectivity index (χ0) is 16.6. The third kappa shape index (κ3) is 2.62. The second kappa shape index (κ2) is 5.67. The summed E-state index contributed by atoms with van der Waals surface area (Å²) in [5.41, 5.74) is 3.60. The van der Waals surface area contributed by atoms with Crippen molar-refractivity contribution < 1.29 is 0 Å². The van der Waals surface area contributed by atoms with Crippen LogP contribution >= 0.6 is 0 Å². The molecule has 0 aliphatic carbocycles. The van der Waals surface area contributed by atoms with Crippen LogP contribution in [0.2, 0.25) is 0 Å². The summed E-state index contributed by atoms with van der Waals surface area (Å²) in [5.74, 6) is 0. The third-order valence-corrected chi connectivity index (χ3v) is 4.82. The quantitative estimate of drug-likeness (QED) is 0.387. The molecular weight excluding hydrogens is 304 g/mol. The van der Waals surface area contributed by atoms with E-state index in [2.05, 4.69) is 89.2 Å². The molecule has 0 saturated carbocycles. The molecule has 0 spiro atoms. The van der Waals surface area contributed by atoms with E-state index < -0.39 is 0 Å². The third-order valence-electron chi connectivity index (χ3n) is 4.82. The van der Waals surface area contributed by atoms with Gasteiger partial charge in [-0.25, -0.2) is 0 Å². The Bertz CT molecular complexity index is 1200. The zero-order valence-electron chi connectivity index (χ0n) is 13.8. The minimum atomic E-state index is 0.818. The highest BCUT2D eigenvalue weighted by molar-refractivity contribution is 5.98. The van der Waals surface area contributed by atoms with Crippen LogP contribution in [0.25, 0.3) is 32.4 Å². The van der Waals surface area contributed by atoms with Gasteiger partial charge in [0.05, 0.1) is 0 Å². The van der Waals surface area contributed by atoms with Crippen LogP contribution in [0.3, 0.4) is 0 Å². The normalized spacial score (nSPS) is 11.4. The van der Waals surface area contributed by atoms with E-state index in [1.807, 2.05) is 6.20 Å². The second-order valence-electron chi connectivity index (χ2n) is 6.51. The fourth-order valence-corrected chi connectivity index (χ4v) is 3.47. The first kappa shape index (κ1) is 14.1. The van der Waals surface area contributed by atoms with E-state index in [-0.39, 0.29) is 0 Å². The lowest BCUT2D eigenvalue weighted by atomic mass is 10.0. The van der Waals surface area contributed by atoms with Gasteiger partial charge in [0.1, 0.15) is 0 Å². The van der Waals surface area contributed by atoms with Crippen LogP contribution in [-0.2, 0) is 6.54 Å². The molecule has 0 radical (unpaired) electrons. The van der Waals surface area contributed by atoms with Crippen LogP contribution < -0.4 is 5.32 Å². The number of hydrogen-bond acceptors (Lipinski definition) is 1. The summed E-state index contributed by atoms with van der Waals surface area (Å²) in [7, 11) is 0. The van der Waals surface area contributed by atoms with Crippen molar-refractivity contribution in [3.05, 3.63) is 90.6 Å². The Morgan fingerprint density at radius 3 is 2.32 bits per heavy atom. The number of fused-ring (bicyclic) bond motifs is 3. The standard InChI is InChI=1S/C23H18N2/c1-2-4-18-13-21-11-16(5-6-19(21)12-17(18)3-1)15-25-22-7-8-23-20(14-22)9-10-24-23/h1-14,24-25H,15H2. The number of aromatic amines is 1. The summed E-state index contributed by atoms with van der Waals surface area (Å²) >= 11 is 0. The van der Waals surface area contributed by atoms with Gasteiger partial charge in [-0.3, -0.25) is 0 Å². The van der Waals surface area contributed by atoms with E-state index in [0.717, 1.165) is 12.2 Å².